The molecule has 0 aromatic heterocycles. The molecule has 1 atom stereocenters. The van der Waals surface area contributed by atoms with Gasteiger partial charge in [-0.1, -0.05) is 0 Å². The van der Waals surface area contributed by atoms with Crippen LogP contribution in [0.15, 0.2) is 0 Å². The summed E-state index contributed by atoms with van der Waals surface area (Å²) in [6, 6.07) is 0.246. The molecular formula is C12H26N2O. The lowest BCUT2D eigenvalue weighted by atomic mass is 9.84. The van der Waals surface area contributed by atoms with Crippen molar-refractivity contribution in [1.82, 2.24) is 4.90 Å². The molecule has 1 saturated heterocycles. The second-order valence-corrected chi connectivity index (χ2v) is 5.45. The van der Waals surface area contributed by atoms with E-state index in [2.05, 4.69) is 32.8 Å². The summed E-state index contributed by atoms with van der Waals surface area (Å²) in [5.74, 6) is 0.757. The van der Waals surface area contributed by atoms with E-state index in [9.17, 15) is 0 Å². The first kappa shape index (κ1) is 12.9. The highest BCUT2D eigenvalue weighted by Gasteiger charge is 2.30. The van der Waals surface area contributed by atoms with Crippen molar-refractivity contribution in [3.05, 3.63) is 0 Å². The minimum Gasteiger partial charge on any atom is -0.381 e. The van der Waals surface area contributed by atoms with Crippen LogP contribution in [0.25, 0.3) is 0 Å². The van der Waals surface area contributed by atoms with Crippen molar-refractivity contribution in [2.75, 3.05) is 27.3 Å². The maximum absolute atomic E-state index is 6.30. The maximum atomic E-state index is 6.30. The molecule has 3 heteroatoms. The molecule has 0 aromatic rings. The predicted molar refractivity (Wildman–Crippen MR) is 63.9 cm³/mol. The zero-order valence-electron chi connectivity index (χ0n) is 10.6. The first-order chi connectivity index (χ1) is 6.94. The molecule has 0 amide bonds. The van der Waals surface area contributed by atoms with E-state index in [0.29, 0.717) is 0 Å². The number of hydrogen-bond donors (Lipinski definition) is 1. The predicted octanol–water partition coefficient (Wildman–Crippen LogP) is 1.47. The fraction of sp³-hybridized carbons (Fsp3) is 1.00. The van der Waals surface area contributed by atoms with E-state index in [1.54, 1.807) is 0 Å². The van der Waals surface area contributed by atoms with Crippen LogP contribution < -0.4 is 5.73 Å². The first-order valence-electron chi connectivity index (χ1n) is 5.95. The van der Waals surface area contributed by atoms with E-state index in [4.69, 9.17) is 10.5 Å². The minimum atomic E-state index is 0.0817. The van der Waals surface area contributed by atoms with Crippen LogP contribution in [-0.4, -0.2) is 43.8 Å². The van der Waals surface area contributed by atoms with Crippen molar-refractivity contribution in [3.8, 4) is 0 Å². The fourth-order valence-electron chi connectivity index (χ4n) is 1.96. The average molecular weight is 214 g/mol. The summed E-state index contributed by atoms with van der Waals surface area (Å²) in [7, 11) is 4.20. The molecule has 0 spiro atoms. The van der Waals surface area contributed by atoms with E-state index < -0.39 is 0 Å². The van der Waals surface area contributed by atoms with E-state index in [1.165, 1.54) is 12.8 Å². The smallest absolute Gasteiger partial charge is 0.0468 e. The van der Waals surface area contributed by atoms with Crippen LogP contribution in [0.2, 0.25) is 0 Å². The average Bonchev–Trinajstić information content (AvgIpc) is 2.18. The molecule has 1 heterocycles. The van der Waals surface area contributed by atoms with Gasteiger partial charge < -0.3 is 15.4 Å². The van der Waals surface area contributed by atoms with Gasteiger partial charge in [0.05, 0.1) is 0 Å². The van der Waals surface area contributed by atoms with Gasteiger partial charge in [0.1, 0.15) is 0 Å². The molecule has 1 aliphatic heterocycles. The number of nitrogens with zero attached hydrogens (tertiary/aromatic N) is 1. The summed E-state index contributed by atoms with van der Waals surface area (Å²) in [5.41, 5.74) is 6.38. The van der Waals surface area contributed by atoms with Crippen LogP contribution in [0.4, 0.5) is 0 Å². The zero-order valence-corrected chi connectivity index (χ0v) is 10.6. The van der Waals surface area contributed by atoms with Crippen LogP contribution in [-0.2, 0) is 4.74 Å². The Morgan fingerprint density at radius 2 is 1.87 bits per heavy atom. The van der Waals surface area contributed by atoms with Crippen molar-refractivity contribution in [2.24, 2.45) is 11.7 Å². The Balaban J connectivity index is 2.42. The highest BCUT2D eigenvalue weighted by Crippen LogP contribution is 2.25. The summed E-state index contributed by atoms with van der Waals surface area (Å²) < 4.78 is 5.36. The van der Waals surface area contributed by atoms with Crippen molar-refractivity contribution in [1.29, 1.82) is 0 Å². The highest BCUT2D eigenvalue weighted by molar-refractivity contribution is 4.90. The monoisotopic (exact) mass is 214 g/mol. The number of nitrogens with two attached hydrogens (primary N) is 1. The van der Waals surface area contributed by atoms with E-state index in [0.717, 1.165) is 25.6 Å². The van der Waals surface area contributed by atoms with Crippen LogP contribution in [0, 0.1) is 5.92 Å². The summed E-state index contributed by atoms with van der Waals surface area (Å²) in [6.07, 6.45) is 3.48. The molecule has 2 N–H and O–H groups in total. The lowest BCUT2D eigenvalue weighted by molar-refractivity contribution is 0.0523. The molecule has 1 unspecified atom stereocenters. The molecule has 0 radical (unpaired) electrons. The molecule has 15 heavy (non-hydrogen) atoms. The van der Waals surface area contributed by atoms with Gasteiger partial charge in [-0.25, -0.2) is 0 Å². The van der Waals surface area contributed by atoms with Gasteiger partial charge in [0.2, 0.25) is 0 Å². The molecule has 1 aliphatic rings. The number of hydrogen-bond acceptors (Lipinski definition) is 3. The third-order valence-corrected chi connectivity index (χ3v) is 3.99. The van der Waals surface area contributed by atoms with E-state index >= 15 is 0 Å². The molecule has 0 bridgehead atoms. The largest absolute Gasteiger partial charge is 0.381 e. The Morgan fingerprint density at radius 1 is 1.33 bits per heavy atom. The lowest BCUT2D eigenvalue weighted by Gasteiger charge is -2.40. The topological polar surface area (TPSA) is 38.5 Å². The van der Waals surface area contributed by atoms with Gasteiger partial charge in [0, 0.05) is 24.8 Å². The van der Waals surface area contributed by atoms with Gasteiger partial charge in [0.25, 0.3) is 0 Å². The summed E-state index contributed by atoms with van der Waals surface area (Å²) in [4.78, 5) is 2.22. The second-order valence-electron chi connectivity index (χ2n) is 5.45. The number of rotatable bonds is 4. The number of ether oxygens (including phenoxy) is 1. The van der Waals surface area contributed by atoms with Crippen LogP contribution in [0.1, 0.15) is 33.1 Å². The summed E-state index contributed by atoms with van der Waals surface area (Å²) >= 11 is 0. The Bertz CT molecular complexity index is 186. The third kappa shape index (κ3) is 3.44. The van der Waals surface area contributed by atoms with Gasteiger partial charge in [-0.05, 0) is 53.1 Å². The van der Waals surface area contributed by atoms with Crippen molar-refractivity contribution in [3.63, 3.8) is 0 Å². The zero-order chi connectivity index (χ0) is 11.5. The van der Waals surface area contributed by atoms with E-state index in [1.807, 2.05) is 0 Å². The highest BCUT2D eigenvalue weighted by atomic mass is 16.5. The standard InChI is InChI=1S/C12H26N2O/c1-12(2,14(3)4)11(13)9-10-5-7-15-8-6-10/h10-11H,5-9,13H2,1-4H3. The lowest BCUT2D eigenvalue weighted by Crippen LogP contribution is -2.53. The van der Waals surface area contributed by atoms with Crippen molar-refractivity contribution < 1.29 is 4.74 Å². The van der Waals surface area contributed by atoms with Gasteiger partial charge >= 0.3 is 0 Å². The van der Waals surface area contributed by atoms with Crippen molar-refractivity contribution >= 4 is 0 Å². The van der Waals surface area contributed by atoms with Gasteiger partial charge in [-0.15, -0.1) is 0 Å². The molecule has 3 nitrogen and oxygen atoms in total. The Hall–Kier alpha value is -0.120. The molecule has 0 aromatic carbocycles. The summed E-state index contributed by atoms with van der Waals surface area (Å²) in [5, 5.41) is 0. The van der Waals surface area contributed by atoms with Crippen LogP contribution >= 0.6 is 0 Å². The van der Waals surface area contributed by atoms with Gasteiger partial charge in [-0.2, -0.15) is 0 Å². The Morgan fingerprint density at radius 3 is 2.33 bits per heavy atom. The van der Waals surface area contributed by atoms with Crippen LogP contribution in [0.3, 0.4) is 0 Å². The first-order valence-corrected chi connectivity index (χ1v) is 5.95. The normalized spacial score (nSPS) is 22.0. The molecule has 0 aliphatic carbocycles. The molecular weight excluding hydrogens is 188 g/mol. The molecule has 0 saturated carbocycles. The van der Waals surface area contributed by atoms with Crippen LogP contribution in [0.5, 0.6) is 0 Å². The number of likely N-dealkylation sites (N-methyl/N-ethyl adjacent to an activating group) is 1. The molecule has 1 rings (SSSR count). The molecule has 90 valence electrons. The van der Waals surface area contributed by atoms with E-state index in [-0.39, 0.29) is 11.6 Å². The maximum Gasteiger partial charge on any atom is 0.0468 e. The van der Waals surface area contributed by atoms with Gasteiger partial charge in [0.15, 0.2) is 0 Å². The Kier molecular flexibility index (Phi) is 4.56. The molecule has 1 fully saturated rings. The quantitative estimate of drug-likeness (QED) is 0.770. The third-order valence-electron chi connectivity index (χ3n) is 3.99. The minimum absolute atomic E-state index is 0.0817. The van der Waals surface area contributed by atoms with Gasteiger partial charge in [-0.3, -0.25) is 0 Å². The SMILES string of the molecule is CN(C)C(C)(C)C(N)CC1CCOCC1. The second kappa shape index (κ2) is 5.28. The fourth-order valence-corrected chi connectivity index (χ4v) is 1.96. The Labute approximate surface area is 94.0 Å². The summed E-state index contributed by atoms with van der Waals surface area (Å²) in [6.45, 7) is 6.27. The van der Waals surface area contributed by atoms with Crippen molar-refractivity contribution in [2.45, 2.75) is 44.7 Å².